The molecule has 14 heavy (non-hydrogen) atoms. The van der Waals surface area contributed by atoms with E-state index in [1.54, 1.807) is 0 Å². The first kappa shape index (κ1) is 10.8. The zero-order chi connectivity index (χ0) is 11.1. The van der Waals surface area contributed by atoms with Crippen LogP contribution in [-0.4, -0.2) is 44.2 Å². The molecule has 1 rings (SSSR count). The van der Waals surface area contributed by atoms with Crippen molar-refractivity contribution in [1.82, 2.24) is 0 Å². The summed E-state index contributed by atoms with van der Waals surface area (Å²) in [6, 6.07) is 0. The van der Waals surface area contributed by atoms with Crippen LogP contribution < -0.4 is 0 Å². The first-order valence-electron chi connectivity index (χ1n) is 3.98. The molecule has 0 fully saturated rings. The second-order valence-electron chi connectivity index (χ2n) is 3.66. The molecule has 0 aliphatic carbocycles. The van der Waals surface area contributed by atoms with Crippen LogP contribution >= 0.6 is 0 Å². The third kappa shape index (κ3) is 1.66. The van der Waals surface area contributed by atoms with Crippen molar-refractivity contribution >= 4 is 5.97 Å². The normalized spacial score (nSPS) is 25.1. The summed E-state index contributed by atoms with van der Waals surface area (Å²) in [5, 5.41) is 36.9. The van der Waals surface area contributed by atoms with Crippen LogP contribution in [0.25, 0.3) is 0 Å². The van der Waals surface area contributed by atoms with Crippen LogP contribution in [0.2, 0.25) is 0 Å². The highest BCUT2D eigenvalue weighted by Gasteiger charge is 2.44. The Bertz CT molecular complexity index is 287. The predicted octanol–water partition coefficient (Wildman–Crippen LogP) is -0.629. The first-order chi connectivity index (χ1) is 6.25. The van der Waals surface area contributed by atoms with Gasteiger partial charge in [0.25, 0.3) is 0 Å². The van der Waals surface area contributed by atoms with E-state index < -0.39 is 35.3 Å². The summed E-state index contributed by atoms with van der Waals surface area (Å²) in [5.41, 5.74) is -1.55. The van der Waals surface area contributed by atoms with Gasteiger partial charge in [-0.25, -0.2) is 4.79 Å². The average molecular weight is 204 g/mol. The minimum Gasteiger partial charge on any atom is -0.505 e. The lowest BCUT2D eigenvalue weighted by Gasteiger charge is -2.27. The van der Waals surface area contributed by atoms with Crippen LogP contribution in [0.4, 0.5) is 0 Å². The zero-order valence-electron chi connectivity index (χ0n) is 7.76. The number of rotatable bonds is 2. The fourth-order valence-electron chi connectivity index (χ4n) is 1.05. The number of cyclic esters (lactones) is 1. The highest BCUT2D eigenvalue weighted by Crippen LogP contribution is 2.26. The molecule has 0 aromatic rings. The zero-order valence-corrected chi connectivity index (χ0v) is 7.76. The lowest BCUT2D eigenvalue weighted by Crippen LogP contribution is -2.45. The number of carbonyl (C=O) groups is 1. The third-order valence-electron chi connectivity index (χ3n) is 1.95. The Hall–Kier alpha value is -1.27. The van der Waals surface area contributed by atoms with Gasteiger partial charge < -0.3 is 25.2 Å². The minimum atomic E-state index is -1.55. The number of ether oxygens (including phenoxy) is 1. The van der Waals surface area contributed by atoms with Crippen molar-refractivity contribution in [3.05, 3.63) is 11.5 Å². The van der Waals surface area contributed by atoms with E-state index in [1.807, 2.05) is 0 Å². The summed E-state index contributed by atoms with van der Waals surface area (Å²) in [4.78, 5) is 10.7. The van der Waals surface area contributed by atoms with Gasteiger partial charge in [-0.15, -0.1) is 0 Å². The molecule has 6 heteroatoms. The molecule has 0 amide bonds. The molecule has 1 aliphatic heterocycles. The van der Waals surface area contributed by atoms with E-state index in [2.05, 4.69) is 4.74 Å². The first-order valence-corrected chi connectivity index (χ1v) is 3.98. The van der Waals surface area contributed by atoms with Crippen LogP contribution in [0.5, 0.6) is 0 Å². The van der Waals surface area contributed by atoms with Gasteiger partial charge in [0.15, 0.2) is 11.9 Å². The monoisotopic (exact) mass is 204 g/mol. The summed E-state index contributed by atoms with van der Waals surface area (Å²) in [6.07, 6.45) is -2.92. The topological polar surface area (TPSA) is 107 Å². The van der Waals surface area contributed by atoms with Crippen LogP contribution in [0.1, 0.15) is 13.8 Å². The van der Waals surface area contributed by atoms with E-state index in [-0.39, 0.29) is 0 Å². The maximum atomic E-state index is 10.7. The Morgan fingerprint density at radius 3 is 2.21 bits per heavy atom. The lowest BCUT2D eigenvalue weighted by atomic mass is 9.96. The van der Waals surface area contributed by atoms with E-state index in [9.17, 15) is 20.1 Å². The summed E-state index contributed by atoms with van der Waals surface area (Å²) in [7, 11) is 0. The molecule has 0 radical (unpaired) electrons. The van der Waals surface area contributed by atoms with Gasteiger partial charge in [0.2, 0.25) is 5.76 Å². The van der Waals surface area contributed by atoms with Crippen LogP contribution in [0, 0.1) is 0 Å². The van der Waals surface area contributed by atoms with E-state index >= 15 is 0 Å². The van der Waals surface area contributed by atoms with Gasteiger partial charge in [0.1, 0.15) is 6.10 Å². The fourth-order valence-corrected chi connectivity index (χ4v) is 1.05. The van der Waals surface area contributed by atoms with E-state index in [1.165, 1.54) is 13.8 Å². The van der Waals surface area contributed by atoms with Crippen molar-refractivity contribution in [2.24, 2.45) is 0 Å². The maximum absolute atomic E-state index is 10.7. The molecule has 80 valence electrons. The molecule has 4 N–H and O–H groups in total. The van der Waals surface area contributed by atoms with Gasteiger partial charge in [-0.05, 0) is 13.8 Å². The molecule has 0 bridgehead atoms. The number of esters is 1. The number of aliphatic hydroxyl groups is 4. The number of aliphatic hydroxyl groups excluding tert-OH is 3. The van der Waals surface area contributed by atoms with Crippen LogP contribution in [0.15, 0.2) is 11.5 Å². The number of hydrogen-bond donors (Lipinski definition) is 4. The van der Waals surface area contributed by atoms with Crippen molar-refractivity contribution in [2.45, 2.75) is 31.7 Å². The summed E-state index contributed by atoms with van der Waals surface area (Å²) in [6.45, 7) is 2.57. The highest BCUT2D eigenvalue weighted by atomic mass is 16.6. The second-order valence-corrected chi connectivity index (χ2v) is 3.66. The fraction of sp³-hybridized carbons (Fsp3) is 0.625. The van der Waals surface area contributed by atoms with Gasteiger partial charge in [0, 0.05) is 0 Å². The van der Waals surface area contributed by atoms with Crippen molar-refractivity contribution in [1.29, 1.82) is 0 Å². The second kappa shape index (κ2) is 3.14. The van der Waals surface area contributed by atoms with Crippen molar-refractivity contribution in [3.8, 4) is 0 Å². The van der Waals surface area contributed by atoms with Crippen LogP contribution in [-0.2, 0) is 9.53 Å². The smallest absolute Gasteiger partial charge is 0.377 e. The Labute approximate surface area is 80.1 Å². The molecule has 2 atom stereocenters. The molecular formula is C8H12O6. The summed E-state index contributed by atoms with van der Waals surface area (Å²) in [5.74, 6) is -2.81. The van der Waals surface area contributed by atoms with Crippen molar-refractivity contribution in [3.63, 3.8) is 0 Å². The molecule has 0 aromatic heterocycles. The maximum Gasteiger partial charge on any atom is 0.377 e. The van der Waals surface area contributed by atoms with Gasteiger partial charge in [-0.2, -0.15) is 0 Å². The standard InChI is InChI=1S/C8H12O6/c1-8(2,13)6(11)5-3(9)4(10)7(12)14-5/h5-6,9-11,13H,1-2H3/t5-,6+/m0/s1. The summed E-state index contributed by atoms with van der Waals surface area (Å²) < 4.78 is 4.45. The highest BCUT2D eigenvalue weighted by molar-refractivity contribution is 5.89. The van der Waals surface area contributed by atoms with Gasteiger partial charge in [-0.3, -0.25) is 0 Å². The Morgan fingerprint density at radius 1 is 1.43 bits per heavy atom. The predicted molar refractivity (Wildman–Crippen MR) is 44.5 cm³/mol. The van der Waals surface area contributed by atoms with Crippen LogP contribution in [0.3, 0.4) is 0 Å². The molecule has 0 aromatic carbocycles. The molecule has 1 heterocycles. The van der Waals surface area contributed by atoms with Crippen molar-refractivity contribution < 1.29 is 30.0 Å². The third-order valence-corrected chi connectivity index (χ3v) is 1.95. The number of hydrogen-bond acceptors (Lipinski definition) is 6. The molecular weight excluding hydrogens is 192 g/mol. The van der Waals surface area contributed by atoms with Gasteiger partial charge in [0.05, 0.1) is 5.60 Å². The van der Waals surface area contributed by atoms with E-state index in [0.29, 0.717) is 0 Å². The van der Waals surface area contributed by atoms with Gasteiger partial charge >= 0.3 is 5.97 Å². The molecule has 0 spiro atoms. The largest absolute Gasteiger partial charge is 0.505 e. The van der Waals surface area contributed by atoms with E-state index in [0.717, 1.165) is 0 Å². The average Bonchev–Trinajstić information content (AvgIpc) is 2.30. The molecule has 0 saturated carbocycles. The summed E-state index contributed by atoms with van der Waals surface area (Å²) >= 11 is 0. The molecule has 0 saturated heterocycles. The Balaban J connectivity index is 2.89. The quantitative estimate of drug-likeness (QED) is 0.446. The molecule has 0 unspecified atom stereocenters. The molecule has 1 aliphatic rings. The minimum absolute atomic E-state index is 0.760. The lowest BCUT2D eigenvalue weighted by molar-refractivity contribution is -0.156. The Morgan fingerprint density at radius 2 is 1.93 bits per heavy atom. The van der Waals surface area contributed by atoms with Crippen molar-refractivity contribution in [2.75, 3.05) is 0 Å². The number of carbonyl (C=O) groups excluding carboxylic acids is 1. The SMILES string of the molecule is CC(C)(O)[C@H](O)[C@H]1OC(=O)C(O)=C1O. The van der Waals surface area contributed by atoms with E-state index in [4.69, 9.17) is 5.11 Å². The van der Waals surface area contributed by atoms with Gasteiger partial charge in [-0.1, -0.05) is 0 Å². The molecule has 6 nitrogen and oxygen atoms in total. The Kier molecular flexibility index (Phi) is 2.43.